The summed E-state index contributed by atoms with van der Waals surface area (Å²) < 4.78 is 12.2. The van der Waals surface area contributed by atoms with Gasteiger partial charge in [-0.15, -0.1) is 0 Å². The number of carbonyl (C=O) groups is 1. The average molecular weight is 341 g/mol. The minimum atomic E-state index is -0.352. The van der Waals surface area contributed by atoms with Crippen molar-refractivity contribution >= 4 is 24.2 Å². The maximum Gasteiger partial charge on any atom is 0.494 e. The average Bonchev–Trinajstić information content (AvgIpc) is 3.18. The van der Waals surface area contributed by atoms with E-state index in [1.807, 2.05) is 29.2 Å². The number of rotatable bonds is 2. The van der Waals surface area contributed by atoms with Gasteiger partial charge in [-0.25, -0.2) is 0 Å². The summed E-state index contributed by atoms with van der Waals surface area (Å²) in [4.78, 5) is 14.5. The standard InChI is InChI=1S/C20H28BNO3/c1-18(2)19(3,4)25-21(24-18)15-7-9-16(10-8-15)22-14-20(13-17(22)23)11-5-6-12-20/h7-10H,5-6,11-14H2,1-4H3. The molecule has 1 spiro atoms. The van der Waals surface area contributed by atoms with Crippen LogP contribution >= 0.6 is 0 Å². The third-order valence-corrected chi connectivity index (χ3v) is 6.72. The maximum atomic E-state index is 12.5. The predicted octanol–water partition coefficient (Wildman–Crippen LogP) is 3.28. The van der Waals surface area contributed by atoms with Gasteiger partial charge in [0.25, 0.3) is 0 Å². The van der Waals surface area contributed by atoms with Crippen molar-refractivity contribution < 1.29 is 14.1 Å². The number of carbonyl (C=O) groups excluding carboxylic acids is 1. The first-order valence-electron chi connectivity index (χ1n) is 9.48. The molecular weight excluding hydrogens is 313 g/mol. The highest BCUT2D eigenvalue weighted by Crippen LogP contribution is 2.46. The molecule has 134 valence electrons. The highest BCUT2D eigenvalue weighted by Gasteiger charge is 2.51. The number of hydrogen-bond acceptors (Lipinski definition) is 3. The topological polar surface area (TPSA) is 38.8 Å². The molecule has 2 aliphatic heterocycles. The molecule has 0 aromatic heterocycles. The molecule has 0 bridgehead atoms. The van der Waals surface area contributed by atoms with Crippen molar-refractivity contribution in [2.45, 2.75) is 71.0 Å². The highest BCUT2D eigenvalue weighted by atomic mass is 16.7. The second-order valence-corrected chi connectivity index (χ2v) is 9.04. The van der Waals surface area contributed by atoms with Crippen LogP contribution in [0.5, 0.6) is 0 Å². The van der Waals surface area contributed by atoms with Crippen molar-refractivity contribution in [1.82, 2.24) is 0 Å². The van der Waals surface area contributed by atoms with Gasteiger partial charge in [0.2, 0.25) is 5.91 Å². The third kappa shape index (κ3) is 2.82. The first-order valence-corrected chi connectivity index (χ1v) is 9.48. The molecule has 4 rings (SSSR count). The summed E-state index contributed by atoms with van der Waals surface area (Å²) in [6.45, 7) is 9.12. The highest BCUT2D eigenvalue weighted by molar-refractivity contribution is 6.62. The lowest BCUT2D eigenvalue weighted by atomic mass is 9.79. The van der Waals surface area contributed by atoms with Gasteiger partial charge in [-0.05, 0) is 63.5 Å². The summed E-state index contributed by atoms with van der Waals surface area (Å²) in [5.74, 6) is 0.269. The van der Waals surface area contributed by atoms with Crippen molar-refractivity contribution in [3.05, 3.63) is 24.3 Å². The fourth-order valence-electron chi connectivity index (χ4n) is 4.38. The van der Waals surface area contributed by atoms with Crippen LogP contribution in [0.25, 0.3) is 0 Å². The Labute approximate surface area is 151 Å². The Morgan fingerprint density at radius 1 is 0.960 bits per heavy atom. The Morgan fingerprint density at radius 2 is 1.52 bits per heavy atom. The van der Waals surface area contributed by atoms with E-state index in [2.05, 4.69) is 27.7 Å². The number of nitrogens with zero attached hydrogens (tertiary/aromatic N) is 1. The summed E-state index contributed by atoms with van der Waals surface area (Å²) in [7, 11) is -0.352. The number of hydrogen-bond donors (Lipinski definition) is 0. The Balaban J connectivity index is 1.51. The fourth-order valence-corrected chi connectivity index (χ4v) is 4.38. The molecule has 2 saturated heterocycles. The van der Waals surface area contributed by atoms with Crippen molar-refractivity contribution in [1.29, 1.82) is 0 Å². The van der Waals surface area contributed by atoms with E-state index >= 15 is 0 Å². The zero-order valence-corrected chi connectivity index (χ0v) is 15.8. The van der Waals surface area contributed by atoms with E-state index in [4.69, 9.17) is 9.31 Å². The van der Waals surface area contributed by atoms with Crippen LogP contribution in [0.1, 0.15) is 59.8 Å². The molecule has 3 fully saturated rings. The summed E-state index contributed by atoms with van der Waals surface area (Å²) in [5.41, 5.74) is 1.56. The van der Waals surface area contributed by atoms with E-state index < -0.39 is 0 Å². The zero-order chi connectivity index (χ0) is 17.9. The predicted molar refractivity (Wildman–Crippen MR) is 100 cm³/mol. The summed E-state index contributed by atoms with van der Waals surface area (Å²) >= 11 is 0. The first-order chi connectivity index (χ1) is 11.7. The van der Waals surface area contributed by atoms with E-state index in [1.165, 1.54) is 25.7 Å². The number of anilines is 1. The smallest absolute Gasteiger partial charge is 0.399 e. The molecule has 0 atom stereocenters. The Hall–Kier alpha value is -1.33. The molecule has 2 heterocycles. The SMILES string of the molecule is CC1(C)OB(c2ccc(N3CC4(CCCC4)CC3=O)cc2)OC1(C)C. The van der Waals surface area contributed by atoms with Crippen LogP contribution in [0.2, 0.25) is 0 Å². The van der Waals surface area contributed by atoms with Gasteiger partial charge in [0.15, 0.2) is 0 Å². The van der Waals surface area contributed by atoms with Crippen LogP contribution in [0, 0.1) is 5.41 Å². The van der Waals surface area contributed by atoms with Gasteiger partial charge in [0.1, 0.15) is 0 Å². The number of amides is 1. The van der Waals surface area contributed by atoms with Crippen LogP contribution < -0.4 is 10.4 Å². The zero-order valence-electron chi connectivity index (χ0n) is 15.8. The van der Waals surface area contributed by atoms with Crippen LogP contribution in [0.3, 0.4) is 0 Å². The van der Waals surface area contributed by atoms with Gasteiger partial charge in [0.05, 0.1) is 11.2 Å². The Morgan fingerprint density at radius 3 is 2.08 bits per heavy atom. The largest absolute Gasteiger partial charge is 0.494 e. The molecule has 1 aliphatic carbocycles. The van der Waals surface area contributed by atoms with Crippen LogP contribution in [0.4, 0.5) is 5.69 Å². The Kier molecular flexibility index (Phi) is 3.82. The monoisotopic (exact) mass is 341 g/mol. The molecule has 0 radical (unpaired) electrons. The van der Waals surface area contributed by atoms with Crippen LogP contribution in [-0.4, -0.2) is 30.8 Å². The quantitative estimate of drug-likeness (QED) is 0.775. The molecule has 5 heteroatoms. The van der Waals surface area contributed by atoms with Crippen LogP contribution in [0.15, 0.2) is 24.3 Å². The van der Waals surface area contributed by atoms with Crippen molar-refractivity contribution in [3.63, 3.8) is 0 Å². The molecule has 25 heavy (non-hydrogen) atoms. The van der Waals surface area contributed by atoms with Crippen molar-refractivity contribution in [2.24, 2.45) is 5.41 Å². The molecule has 1 amide bonds. The molecule has 1 aromatic carbocycles. The third-order valence-electron chi connectivity index (χ3n) is 6.72. The molecule has 0 N–H and O–H groups in total. The molecule has 4 nitrogen and oxygen atoms in total. The lowest BCUT2D eigenvalue weighted by Gasteiger charge is -2.32. The molecule has 1 aromatic rings. The van der Waals surface area contributed by atoms with Gasteiger partial charge in [-0.1, -0.05) is 25.0 Å². The lowest BCUT2D eigenvalue weighted by molar-refractivity contribution is -0.117. The van der Waals surface area contributed by atoms with Gasteiger partial charge in [0, 0.05) is 18.7 Å². The van der Waals surface area contributed by atoms with Gasteiger partial charge >= 0.3 is 7.12 Å². The lowest BCUT2D eigenvalue weighted by Crippen LogP contribution is -2.41. The van der Waals surface area contributed by atoms with Crippen LogP contribution in [-0.2, 0) is 14.1 Å². The minimum absolute atomic E-state index is 0.238. The summed E-state index contributed by atoms with van der Waals surface area (Å²) in [6, 6.07) is 8.13. The van der Waals surface area contributed by atoms with Crippen molar-refractivity contribution in [2.75, 3.05) is 11.4 Å². The molecular formula is C20H28BNO3. The van der Waals surface area contributed by atoms with Crippen molar-refractivity contribution in [3.8, 4) is 0 Å². The fraction of sp³-hybridized carbons (Fsp3) is 0.650. The van der Waals surface area contributed by atoms with Gasteiger partial charge in [-0.3, -0.25) is 4.79 Å². The number of benzene rings is 1. The van der Waals surface area contributed by atoms with Gasteiger partial charge in [-0.2, -0.15) is 0 Å². The normalized spacial score (nSPS) is 26.8. The van der Waals surface area contributed by atoms with E-state index in [0.29, 0.717) is 6.42 Å². The molecule has 1 saturated carbocycles. The molecule has 0 unspecified atom stereocenters. The van der Waals surface area contributed by atoms with E-state index in [9.17, 15) is 4.79 Å². The van der Waals surface area contributed by atoms with Gasteiger partial charge < -0.3 is 14.2 Å². The summed E-state index contributed by atoms with van der Waals surface area (Å²) in [6.07, 6.45) is 5.64. The molecule has 3 aliphatic rings. The maximum absolute atomic E-state index is 12.5. The second kappa shape index (κ2) is 5.58. The Bertz CT molecular complexity index is 661. The van der Waals surface area contributed by atoms with E-state index in [1.54, 1.807) is 0 Å². The summed E-state index contributed by atoms with van der Waals surface area (Å²) in [5, 5.41) is 0. The van der Waals surface area contributed by atoms with E-state index in [-0.39, 0.29) is 29.6 Å². The second-order valence-electron chi connectivity index (χ2n) is 9.04. The minimum Gasteiger partial charge on any atom is -0.399 e. The van der Waals surface area contributed by atoms with E-state index in [0.717, 1.165) is 17.7 Å². The first kappa shape index (κ1) is 17.1.